The van der Waals surface area contributed by atoms with E-state index in [9.17, 15) is 23.6 Å². The fraction of sp³-hybridized carbons (Fsp3) is 0.364. The molecule has 13 heteroatoms. The number of piperazine rings is 1. The summed E-state index contributed by atoms with van der Waals surface area (Å²) < 4.78 is 20.1. The number of carbonyl (C=O) groups is 4. The average molecular weight is 782 g/mol. The van der Waals surface area contributed by atoms with Crippen LogP contribution in [0.4, 0.5) is 4.39 Å². The van der Waals surface area contributed by atoms with E-state index in [1.165, 1.54) is 28.8 Å². The zero-order valence-corrected chi connectivity index (χ0v) is 33.7. The van der Waals surface area contributed by atoms with Crippen LogP contribution in [0.3, 0.4) is 0 Å². The van der Waals surface area contributed by atoms with Crippen LogP contribution in [0.5, 0.6) is 0 Å². The molecule has 1 saturated heterocycles. The number of aromatic nitrogens is 1. The summed E-state index contributed by atoms with van der Waals surface area (Å²) in [6, 6.07) is 24.7. The van der Waals surface area contributed by atoms with Crippen LogP contribution < -0.4 is 16.1 Å². The molecule has 3 aromatic carbocycles. The Bertz CT molecular complexity index is 1900. The maximum atomic E-state index is 14.8. The van der Waals surface area contributed by atoms with Crippen molar-refractivity contribution in [3.05, 3.63) is 124 Å². The highest BCUT2D eigenvalue weighted by Gasteiger charge is 2.26. The van der Waals surface area contributed by atoms with Crippen molar-refractivity contribution in [1.29, 1.82) is 0 Å². The van der Waals surface area contributed by atoms with Crippen LogP contribution in [0.2, 0.25) is 0 Å². The van der Waals surface area contributed by atoms with Crippen molar-refractivity contribution < 1.29 is 28.3 Å². The van der Waals surface area contributed by atoms with Crippen LogP contribution in [0, 0.1) is 19.7 Å². The van der Waals surface area contributed by atoms with E-state index >= 15 is 0 Å². The predicted octanol–water partition coefficient (Wildman–Crippen LogP) is 5.11. The van der Waals surface area contributed by atoms with Gasteiger partial charge >= 0.3 is 0 Å². The molecule has 304 valence electrons. The third-order valence-corrected chi connectivity index (χ3v) is 9.01. The van der Waals surface area contributed by atoms with Crippen molar-refractivity contribution in [3.8, 4) is 11.1 Å². The van der Waals surface area contributed by atoms with Crippen LogP contribution in [-0.4, -0.2) is 104 Å². The molecule has 57 heavy (non-hydrogen) atoms. The number of hydrogen-bond donors (Lipinski definition) is 3. The summed E-state index contributed by atoms with van der Waals surface area (Å²) >= 11 is 0. The predicted molar refractivity (Wildman–Crippen MR) is 222 cm³/mol. The van der Waals surface area contributed by atoms with Gasteiger partial charge in [-0.1, -0.05) is 81.4 Å². The van der Waals surface area contributed by atoms with E-state index in [0.29, 0.717) is 76.6 Å². The monoisotopic (exact) mass is 781 g/mol. The van der Waals surface area contributed by atoms with Crippen molar-refractivity contribution in [1.82, 2.24) is 30.8 Å². The number of nitrogens with zero attached hydrogens (tertiary/aromatic N) is 4. The lowest BCUT2D eigenvalue weighted by molar-refractivity contribution is -0.131. The maximum absolute atomic E-state index is 14.8. The molecule has 0 bridgehead atoms. The quantitative estimate of drug-likeness (QED) is 0.0585. The second-order valence-corrected chi connectivity index (χ2v) is 12.9. The summed E-state index contributed by atoms with van der Waals surface area (Å²) in [6.07, 6.45) is 4.38. The Morgan fingerprint density at radius 1 is 0.825 bits per heavy atom. The van der Waals surface area contributed by atoms with Crippen LogP contribution in [0.25, 0.3) is 11.1 Å². The number of pyridine rings is 1. The summed E-state index contributed by atoms with van der Waals surface area (Å²) in [5, 5.41) is 9.69. The van der Waals surface area contributed by atoms with Gasteiger partial charge in [0.25, 0.3) is 5.91 Å². The molecule has 3 N–H and O–H groups in total. The zero-order valence-electron chi connectivity index (χ0n) is 33.7. The molecule has 1 fully saturated rings. The minimum Gasteiger partial charge on any atom is -0.378 e. The number of halogens is 1. The number of amides is 4. The smallest absolute Gasteiger partial charge is 0.256 e. The van der Waals surface area contributed by atoms with Gasteiger partial charge in [0.1, 0.15) is 5.82 Å². The van der Waals surface area contributed by atoms with Gasteiger partial charge in [-0.05, 0) is 60.7 Å². The molecule has 0 aliphatic carbocycles. The largest absolute Gasteiger partial charge is 0.378 e. The number of aryl methyl sites for hydroxylation is 3. The summed E-state index contributed by atoms with van der Waals surface area (Å²) in [4.78, 5) is 54.3. The minimum absolute atomic E-state index is 0.0465. The van der Waals surface area contributed by atoms with E-state index in [1.807, 2.05) is 64.2 Å². The van der Waals surface area contributed by atoms with Crippen molar-refractivity contribution in [2.24, 2.45) is 5.10 Å². The van der Waals surface area contributed by atoms with Gasteiger partial charge in [0.2, 0.25) is 18.7 Å². The molecule has 0 atom stereocenters. The molecule has 4 amide bonds. The summed E-state index contributed by atoms with van der Waals surface area (Å²) in [6.45, 7) is 13.3. The lowest BCUT2D eigenvalue weighted by Crippen LogP contribution is -2.52. The van der Waals surface area contributed by atoms with Crippen molar-refractivity contribution in [3.63, 3.8) is 0 Å². The number of benzene rings is 3. The summed E-state index contributed by atoms with van der Waals surface area (Å²) in [5.74, 6) is -1.15. The van der Waals surface area contributed by atoms with Gasteiger partial charge in [-0.3, -0.25) is 24.2 Å². The van der Waals surface area contributed by atoms with Crippen LogP contribution in [-0.2, 0) is 32.0 Å². The van der Waals surface area contributed by atoms with Crippen LogP contribution in [0.15, 0.2) is 90.2 Å². The minimum atomic E-state index is -0.624. The number of rotatable bonds is 17. The molecule has 5 rings (SSSR count). The molecule has 0 radical (unpaired) electrons. The lowest BCUT2D eigenvalue weighted by atomic mass is 9.97. The summed E-state index contributed by atoms with van der Waals surface area (Å²) in [7, 11) is 0. The van der Waals surface area contributed by atoms with Crippen molar-refractivity contribution in [2.75, 3.05) is 59.0 Å². The molecule has 0 spiro atoms. The zero-order chi connectivity index (χ0) is 41.4. The molecule has 4 aromatic rings. The van der Waals surface area contributed by atoms with E-state index in [-0.39, 0.29) is 24.4 Å². The Balaban J connectivity index is 0.000000423. The van der Waals surface area contributed by atoms with Gasteiger partial charge in [-0.15, -0.1) is 0 Å². The van der Waals surface area contributed by atoms with Gasteiger partial charge in [0.05, 0.1) is 31.0 Å². The van der Waals surface area contributed by atoms with E-state index in [0.717, 1.165) is 23.2 Å². The Kier molecular flexibility index (Phi) is 20.3. The first-order chi connectivity index (χ1) is 27.7. The Labute approximate surface area is 335 Å². The van der Waals surface area contributed by atoms with E-state index in [2.05, 4.69) is 63.4 Å². The van der Waals surface area contributed by atoms with Crippen molar-refractivity contribution >= 4 is 30.3 Å². The second-order valence-electron chi connectivity index (χ2n) is 12.9. The number of carbonyl (C=O) groups excluding carboxylic acids is 4. The van der Waals surface area contributed by atoms with Gasteiger partial charge < -0.3 is 25.2 Å². The molecule has 1 aliphatic heterocycles. The molecular formula is C44H56FN7O5. The highest BCUT2D eigenvalue weighted by atomic mass is 19.1. The van der Waals surface area contributed by atoms with Crippen LogP contribution in [0.1, 0.15) is 59.1 Å². The highest BCUT2D eigenvalue weighted by Crippen LogP contribution is 2.21. The molecule has 0 saturated carbocycles. The lowest BCUT2D eigenvalue weighted by Gasteiger charge is -2.35. The normalized spacial score (nSPS) is 12.4. The maximum Gasteiger partial charge on any atom is 0.256 e. The molecule has 0 unspecified atom stereocenters. The molecule has 12 nitrogen and oxygen atoms in total. The molecular weight excluding hydrogens is 726 g/mol. The standard InChI is InChI=1S/C28H35FN6O5.C14H15N.C2H6/c1-21-4-2-3-5-23(21)26(33-32-20-37)17-22-6-7-25(29)24(16-22)28(39)35-12-10-34(11-13-35)27(38)18-30-8-14-40-15-9-31-19-36;1-3-12-5-4-6-13(9-12)14-8-7-11(2)15-10-14;1-2/h2-7,16,19-20,30H,8-15,17-18H2,1H3,(H,31,36)(H,32,37);4-10H,3H2,1-2H3;1-2H3/b33-26-;;. The topological polar surface area (TPSA) is 145 Å². The number of nitrogens with one attached hydrogen (secondary N) is 3. The molecule has 2 heterocycles. The van der Waals surface area contributed by atoms with Gasteiger partial charge in [0, 0.05) is 68.7 Å². The highest BCUT2D eigenvalue weighted by molar-refractivity contribution is 6.03. The van der Waals surface area contributed by atoms with Crippen LogP contribution >= 0.6 is 0 Å². The first-order valence-corrected chi connectivity index (χ1v) is 19.4. The van der Waals surface area contributed by atoms with E-state index in [1.54, 1.807) is 15.9 Å². The third kappa shape index (κ3) is 15.0. The fourth-order valence-electron chi connectivity index (χ4n) is 5.92. The molecule has 1 aromatic heterocycles. The Morgan fingerprint density at radius 2 is 1.56 bits per heavy atom. The van der Waals surface area contributed by atoms with Gasteiger partial charge in [-0.2, -0.15) is 5.10 Å². The molecule has 1 aliphatic rings. The number of hydrazone groups is 1. The van der Waals surface area contributed by atoms with Gasteiger partial charge in [-0.25, -0.2) is 9.82 Å². The average Bonchev–Trinajstić information content (AvgIpc) is 3.25. The first-order valence-electron chi connectivity index (χ1n) is 19.4. The Hall–Kier alpha value is -5.79. The van der Waals surface area contributed by atoms with Gasteiger partial charge in [0.15, 0.2) is 0 Å². The van der Waals surface area contributed by atoms with E-state index in [4.69, 9.17) is 4.74 Å². The second kappa shape index (κ2) is 25.4. The fourth-order valence-corrected chi connectivity index (χ4v) is 5.92. The SMILES string of the molecule is CC.CCc1cccc(-c2ccc(C)nc2)c1.Cc1ccccc1/C(Cc1ccc(F)c(C(=O)N2CCN(C(=O)CNCCOCCNC=O)CC2)c1)=N\NC=O. The number of ether oxygens (including phenoxy) is 1. The number of hydrogen-bond acceptors (Lipinski definition) is 8. The first kappa shape index (κ1) is 45.6. The van der Waals surface area contributed by atoms with E-state index < -0.39 is 11.7 Å². The van der Waals surface area contributed by atoms with Crippen molar-refractivity contribution in [2.45, 2.75) is 47.5 Å². The Morgan fingerprint density at radius 3 is 2.25 bits per heavy atom. The third-order valence-electron chi connectivity index (χ3n) is 9.01. The summed E-state index contributed by atoms with van der Waals surface area (Å²) in [5.41, 5.74) is 10.2.